The Kier molecular flexibility index (Phi) is 4.22. The lowest BCUT2D eigenvalue weighted by Gasteiger charge is -2.27. The van der Waals surface area contributed by atoms with Gasteiger partial charge in [-0.1, -0.05) is 0 Å². The van der Waals surface area contributed by atoms with Gasteiger partial charge in [-0.2, -0.15) is 0 Å². The number of morpholine rings is 1. The van der Waals surface area contributed by atoms with Crippen molar-refractivity contribution in [3.05, 3.63) is 35.5 Å². The summed E-state index contributed by atoms with van der Waals surface area (Å²) in [6, 6.07) is 4.95. The van der Waals surface area contributed by atoms with Gasteiger partial charge in [0.1, 0.15) is 5.75 Å². The Bertz CT molecular complexity index is 696. The first-order chi connectivity index (χ1) is 10.7. The molecule has 1 aromatic heterocycles. The van der Waals surface area contributed by atoms with Crippen LogP contribution in [-0.4, -0.2) is 54.4 Å². The maximum absolute atomic E-state index is 12.0. The number of ether oxygens (including phenoxy) is 2. The Morgan fingerprint density at radius 1 is 1.36 bits per heavy atom. The molecule has 6 heteroatoms. The minimum Gasteiger partial charge on any atom is -0.508 e. The van der Waals surface area contributed by atoms with Crippen LogP contribution in [0.15, 0.2) is 24.4 Å². The highest BCUT2D eigenvalue weighted by molar-refractivity contribution is 6.05. The molecule has 0 saturated carbocycles. The zero-order chi connectivity index (χ0) is 15.5. The number of esters is 1. The van der Waals surface area contributed by atoms with E-state index in [-0.39, 0.29) is 5.75 Å². The van der Waals surface area contributed by atoms with Crippen LogP contribution in [0.25, 0.3) is 10.9 Å². The molecule has 2 heterocycles. The van der Waals surface area contributed by atoms with Crippen LogP contribution in [0.5, 0.6) is 5.75 Å². The second kappa shape index (κ2) is 6.29. The highest BCUT2D eigenvalue weighted by Gasteiger charge is 2.20. The number of methoxy groups -OCH3 is 1. The number of carbonyl (C=O) groups excluding carboxylic acids is 1. The van der Waals surface area contributed by atoms with E-state index in [1.165, 1.54) is 7.11 Å². The van der Waals surface area contributed by atoms with Crippen molar-refractivity contribution < 1.29 is 19.4 Å². The number of aromatic hydroxyl groups is 1. The minimum atomic E-state index is -0.429. The van der Waals surface area contributed by atoms with E-state index >= 15 is 0 Å². The average Bonchev–Trinajstić information content (AvgIpc) is 2.57. The van der Waals surface area contributed by atoms with Crippen molar-refractivity contribution in [2.45, 2.75) is 6.54 Å². The zero-order valence-electron chi connectivity index (χ0n) is 12.4. The summed E-state index contributed by atoms with van der Waals surface area (Å²) in [4.78, 5) is 18.5. The summed E-state index contributed by atoms with van der Waals surface area (Å²) in [7, 11) is 1.35. The summed E-state index contributed by atoms with van der Waals surface area (Å²) in [5.74, 6) is -0.265. The lowest BCUT2D eigenvalue weighted by Crippen LogP contribution is -2.35. The molecule has 3 rings (SSSR count). The summed E-state index contributed by atoms with van der Waals surface area (Å²) < 4.78 is 10.2. The van der Waals surface area contributed by atoms with Gasteiger partial charge in [-0.3, -0.25) is 9.88 Å². The highest BCUT2D eigenvalue weighted by Crippen LogP contribution is 2.30. The Morgan fingerprint density at radius 2 is 2.14 bits per heavy atom. The molecule has 1 N–H and O–H groups in total. The average molecular weight is 302 g/mol. The molecule has 0 aliphatic carbocycles. The second-order valence-electron chi connectivity index (χ2n) is 5.20. The fourth-order valence-electron chi connectivity index (χ4n) is 2.73. The van der Waals surface area contributed by atoms with Gasteiger partial charge in [-0.25, -0.2) is 4.79 Å². The van der Waals surface area contributed by atoms with Gasteiger partial charge < -0.3 is 14.6 Å². The maximum atomic E-state index is 12.0. The molecule has 0 spiro atoms. The van der Waals surface area contributed by atoms with E-state index in [1.807, 2.05) is 0 Å². The van der Waals surface area contributed by atoms with Crippen LogP contribution in [0.3, 0.4) is 0 Å². The highest BCUT2D eigenvalue weighted by atomic mass is 16.5. The molecular formula is C16H18N2O4. The lowest BCUT2D eigenvalue weighted by molar-refractivity contribution is 0.0340. The van der Waals surface area contributed by atoms with Crippen molar-refractivity contribution in [2.75, 3.05) is 33.4 Å². The third-order valence-corrected chi connectivity index (χ3v) is 3.88. The van der Waals surface area contributed by atoms with Gasteiger partial charge in [0.25, 0.3) is 0 Å². The van der Waals surface area contributed by atoms with Gasteiger partial charge in [0, 0.05) is 36.8 Å². The molecule has 116 valence electrons. The Balaban J connectivity index is 2.10. The van der Waals surface area contributed by atoms with Crippen LogP contribution in [-0.2, 0) is 16.0 Å². The first-order valence-corrected chi connectivity index (χ1v) is 7.18. The quantitative estimate of drug-likeness (QED) is 0.868. The van der Waals surface area contributed by atoms with Crippen LogP contribution in [0.2, 0.25) is 0 Å². The van der Waals surface area contributed by atoms with Gasteiger partial charge in [0.05, 0.1) is 31.4 Å². The molecular weight excluding hydrogens is 284 g/mol. The maximum Gasteiger partial charge on any atom is 0.338 e. The fourth-order valence-corrected chi connectivity index (χ4v) is 2.73. The van der Waals surface area contributed by atoms with Gasteiger partial charge in [0.2, 0.25) is 0 Å². The van der Waals surface area contributed by atoms with Crippen molar-refractivity contribution >= 4 is 16.9 Å². The third-order valence-electron chi connectivity index (χ3n) is 3.88. The second-order valence-corrected chi connectivity index (χ2v) is 5.20. The first kappa shape index (κ1) is 14.7. The molecule has 2 aromatic rings. The minimum absolute atomic E-state index is 0.164. The zero-order valence-corrected chi connectivity index (χ0v) is 12.4. The van der Waals surface area contributed by atoms with E-state index < -0.39 is 5.97 Å². The van der Waals surface area contributed by atoms with E-state index in [2.05, 4.69) is 9.88 Å². The summed E-state index contributed by atoms with van der Waals surface area (Å²) >= 11 is 0. The molecule has 1 fully saturated rings. The number of benzene rings is 1. The molecule has 0 amide bonds. The molecule has 0 atom stereocenters. The Hall–Kier alpha value is -2.18. The molecule has 0 radical (unpaired) electrons. The number of phenols is 1. The molecule has 0 unspecified atom stereocenters. The molecule has 6 nitrogen and oxygen atoms in total. The molecule has 1 saturated heterocycles. The number of nitrogens with zero attached hydrogens (tertiary/aromatic N) is 2. The fraction of sp³-hybridized carbons (Fsp3) is 0.375. The van der Waals surface area contributed by atoms with Crippen molar-refractivity contribution in [3.63, 3.8) is 0 Å². The molecule has 1 aliphatic heterocycles. The molecule has 0 bridgehead atoms. The number of aromatic nitrogens is 1. The lowest BCUT2D eigenvalue weighted by atomic mass is 10.0. The number of hydrogen-bond acceptors (Lipinski definition) is 6. The number of hydrogen-bond donors (Lipinski definition) is 1. The van der Waals surface area contributed by atoms with E-state index in [9.17, 15) is 9.90 Å². The van der Waals surface area contributed by atoms with Crippen LogP contribution in [0, 0.1) is 0 Å². The Labute approximate surface area is 128 Å². The standard InChI is InChI=1S/C16H18N2O4/c1-21-16(20)11-4-5-17-13-2-3-14(19)12(15(11)13)10-18-6-8-22-9-7-18/h2-5,19H,6-10H2,1H3. The SMILES string of the molecule is COC(=O)c1ccnc2ccc(O)c(CN3CCOCC3)c12. The summed E-state index contributed by atoms with van der Waals surface area (Å²) in [6.07, 6.45) is 1.57. The predicted octanol–water partition coefficient (Wildman–Crippen LogP) is 1.56. The van der Waals surface area contributed by atoms with Gasteiger partial charge in [-0.15, -0.1) is 0 Å². The number of fused-ring (bicyclic) bond motifs is 1. The van der Waals surface area contributed by atoms with Crippen molar-refractivity contribution in [1.82, 2.24) is 9.88 Å². The van der Waals surface area contributed by atoms with Gasteiger partial charge >= 0.3 is 5.97 Å². The van der Waals surface area contributed by atoms with E-state index in [1.54, 1.807) is 24.4 Å². The monoisotopic (exact) mass is 302 g/mol. The smallest absolute Gasteiger partial charge is 0.338 e. The van der Waals surface area contributed by atoms with Crippen LogP contribution < -0.4 is 0 Å². The molecule has 1 aliphatic rings. The number of pyridine rings is 1. The summed E-state index contributed by atoms with van der Waals surface area (Å²) in [5.41, 5.74) is 1.79. The Morgan fingerprint density at radius 3 is 2.86 bits per heavy atom. The number of rotatable bonds is 3. The third kappa shape index (κ3) is 2.75. The van der Waals surface area contributed by atoms with Crippen LogP contribution in [0.1, 0.15) is 15.9 Å². The van der Waals surface area contributed by atoms with Crippen LogP contribution in [0.4, 0.5) is 0 Å². The number of phenolic OH excluding ortho intramolecular Hbond substituents is 1. The topological polar surface area (TPSA) is 71.9 Å². The summed E-state index contributed by atoms with van der Waals surface area (Å²) in [6.45, 7) is 3.48. The largest absolute Gasteiger partial charge is 0.508 e. The summed E-state index contributed by atoms with van der Waals surface area (Å²) in [5, 5.41) is 10.9. The van der Waals surface area contributed by atoms with E-state index in [4.69, 9.17) is 9.47 Å². The molecule has 1 aromatic carbocycles. The van der Waals surface area contributed by atoms with Crippen molar-refractivity contribution in [3.8, 4) is 5.75 Å². The van der Waals surface area contributed by atoms with Crippen molar-refractivity contribution in [2.24, 2.45) is 0 Å². The number of carbonyl (C=O) groups is 1. The van der Waals surface area contributed by atoms with Crippen molar-refractivity contribution in [1.29, 1.82) is 0 Å². The first-order valence-electron chi connectivity index (χ1n) is 7.18. The van der Waals surface area contributed by atoms with Gasteiger partial charge in [0.15, 0.2) is 0 Å². The van der Waals surface area contributed by atoms with E-state index in [0.717, 1.165) is 13.1 Å². The van der Waals surface area contributed by atoms with Gasteiger partial charge in [-0.05, 0) is 18.2 Å². The normalized spacial score (nSPS) is 15.9. The van der Waals surface area contributed by atoms with E-state index in [0.29, 0.717) is 41.8 Å². The van der Waals surface area contributed by atoms with Crippen LogP contribution >= 0.6 is 0 Å². The molecule has 22 heavy (non-hydrogen) atoms. The predicted molar refractivity (Wildman–Crippen MR) is 80.8 cm³/mol.